The molecule has 2 aromatic carbocycles. The Morgan fingerprint density at radius 1 is 1.25 bits per heavy atom. The fourth-order valence-corrected chi connectivity index (χ4v) is 3.57. The first-order valence-electron chi connectivity index (χ1n) is 7.98. The highest BCUT2D eigenvalue weighted by atomic mass is 35.5. The molecule has 0 radical (unpaired) electrons. The molecule has 0 saturated carbocycles. The zero-order valence-corrected chi connectivity index (χ0v) is 15.1. The van der Waals surface area contributed by atoms with E-state index in [1.54, 1.807) is 0 Å². The first-order valence-corrected chi connectivity index (χ1v) is 9.13. The molecule has 24 heavy (non-hydrogen) atoms. The third-order valence-electron chi connectivity index (χ3n) is 3.92. The van der Waals surface area contributed by atoms with Gasteiger partial charge < -0.3 is 15.4 Å². The van der Waals surface area contributed by atoms with Crippen molar-refractivity contribution in [1.82, 2.24) is 10.6 Å². The molecule has 0 spiro atoms. The van der Waals surface area contributed by atoms with Gasteiger partial charge in [-0.1, -0.05) is 42.5 Å². The maximum atomic E-state index is 11.9. The largest absolute Gasteiger partial charge is 0.378 e. The van der Waals surface area contributed by atoms with E-state index in [1.165, 1.54) is 16.3 Å². The molecule has 1 saturated heterocycles. The minimum Gasteiger partial charge on any atom is -0.378 e. The van der Waals surface area contributed by atoms with E-state index in [2.05, 4.69) is 53.1 Å². The maximum Gasteiger partial charge on any atom is 0.239 e. The van der Waals surface area contributed by atoms with Crippen LogP contribution in [0.2, 0.25) is 0 Å². The minimum absolute atomic E-state index is 0. The van der Waals surface area contributed by atoms with Crippen molar-refractivity contribution in [3.8, 4) is 0 Å². The predicted molar refractivity (Wildman–Crippen MR) is 103 cm³/mol. The molecule has 0 aliphatic carbocycles. The summed E-state index contributed by atoms with van der Waals surface area (Å²) in [5.41, 5.74) is 1.35. The van der Waals surface area contributed by atoms with Gasteiger partial charge in [-0.3, -0.25) is 4.79 Å². The number of hydrogen-bond donors (Lipinski definition) is 2. The molecule has 0 bridgehead atoms. The van der Waals surface area contributed by atoms with E-state index in [9.17, 15) is 4.79 Å². The van der Waals surface area contributed by atoms with Crippen molar-refractivity contribution >= 4 is 40.8 Å². The van der Waals surface area contributed by atoms with Gasteiger partial charge in [0.2, 0.25) is 5.91 Å². The number of carbonyl (C=O) groups excluding carboxylic acids is 1. The molecule has 1 aliphatic heterocycles. The highest BCUT2D eigenvalue weighted by Gasteiger charge is 2.20. The van der Waals surface area contributed by atoms with Gasteiger partial charge >= 0.3 is 0 Å². The van der Waals surface area contributed by atoms with Crippen LogP contribution in [0.1, 0.15) is 5.56 Å². The van der Waals surface area contributed by atoms with Crippen LogP contribution in [-0.4, -0.2) is 44.0 Å². The van der Waals surface area contributed by atoms with Gasteiger partial charge in [-0.25, -0.2) is 0 Å². The first-order chi connectivity index (χ1) is 11.3. The molecule has 4 nitrogen and oxygen atoms in total. The van der Waals surface area contributed by atoms with E-state index < -0.39 is 0 Å². The Bertz CT molecular complexity index is 657. The lowest BCUT2D eigenvalue weighted by Crippen LogP contribution is -2.51. The number of benzene rings is 2. The van der Waals surface area contributed by atoms with Crippen molar-refractivity contribution in [1.29, 1.82) is 0 Å². The third-order valence-corrected chi connectivity index (χ3v) is 4.93. The van der Waals surface area contributed by atoms with Gasteiger partial charge in [-0.05, 0) is 16.3 Å². The molecule has 130 valence electrons. The summed E-state index contributed by atoms with van der Waals surface area (Å²) >= 11 is 1.84. The molecular formula is C18H23ClN2O2S. The minimum atomic E-state index is -0.202. The molecule has 2 N–H and O–H groups in total. The first kappa shape index (κ1) is 19.1. The molecule has 1 fully saturated rings. The number of thioether (sulfide) groups is 1. The highest BCUT2D eigenvalue weighted by Crippen LogP contribution is 2.22. The van der Waals surface area contributed by atoms with Crippen molar-refractivity contribution < 1.29 is 9.53 Å². The number of rotatable bonds is 6. The summed E-state index contributed by atoms with van der Waals surface area (Å²) in [6, 6.07) is 14.7. The molecule has 6 heteroatoms. The standard InChI is InChI=1S/C18H22N2O2S.ClH/c21-18(17-12-22-10-8-19-17)20-9-11-23-13-15-6-3-5-14-4-1-2-7-16(14)15;/h1-7,17,19H,8-13H2,(H,20,21);1H. The predicted octanol–water partition coefficient (Wildman–Crippen LogP) is 2.60. The quantitative estimate of drug-likeness (QED) is 0.771. The van der Waals surface area contributed by atoms with Gasteiger partial charge in [0.25, 0.3) is 0 Å². The van der Waals surface area contributed by atoms with Crippen LogP contribution in [0.15, 0.2) is 42.5 Å². The fraction of sp³-hybridized carbons (Fsp3) is 0.389. The lowest BCUT2D eigenvalue weighted by molar-refractivity contribution is -0.125. The topological polar surface area (TPSA) is 50.4 Å². The van der Waals surface area contributed by atoms with Crippen LogP contribution < -0.4 is 10.6 Å². The van der Waals surface area contributed by atoms with Crippen molar-refractivity contribution in [2.75, 3.05) is 32.1 Å². The van der Waals surface area contributed by atoms with Crippen molar-refractivity contribution in [3.63, 3.8) is 0 Å². The lowest BCUT2D eigenvalue weighted by Gasteiger charge is -2.22. The average Bonchev–Trinajstić information content (AvgIpc) is 2.62. The van der Waals surface area contributed by atoms with Crippen LogP contribution >= 0.6 is 24.2 Å². The summed E-state index contributed by atoms with van der Waals surface area (Å²) in [5.74, 6) is 1.90. The van der Waals surface area contributed by atoms with Crippen molar-refractivity contribution in [2.24, 2.45) is 0 Å². The number of hydrogen-bond acceptors (Lipinski definition) is 4. The van der Waals surface area contributed by atoms with Gasteiger partial charge in [-0.15, -0.1) is 12.4 Å². The number of amides is 1. The summed E-state index contributed by atoms with van der Waals surface area (Å²) < 4.78 is 5.30. The van der Waals surface area contributed by atoms with Crippen LogP contribution in [0.5, 0.6) is 0 Å². The number of ether oxygens (including phenoxy) is 1. The van der Waals surface area contributed by atoms with Gasteiger partial charge in [0.05, 0.1) is 13.2 Å². The Labute approximate surface area is 153 Å². The molecule has 3 rings (SSSR count). The summed E-state index contributed by atoms with van der Waals surface area (Å²) in [4.78, 5) is 11.9. The second-order valence-electron chi connectivity index (χ2n) is 5.56. The van der Waals surface area contributed by atoms with E-state index >= 15 is 0 Å². The summed E-state index contributed by atoms with van der Waals surface area (Å²) in [6.07, 6.45) is 0. The zero-order chi connectivity index (χ0) is 15.9. The average molecular weight is 367 g/mol. The molecule has 1 atom stereocenters. The Morgan fingerprint density at radius 3 is 2.92 bits per heavy atom. The number of carbonyl (C=O) groups is 1. The molecule has 1 heterocycles. The van der Waals surface area contributed by atoms with Crippen molar-refractivity contribution in [2.45, 2.75) is 11.8 Å². The van der Waals surface area contributed by atoms with Crippen LogP contribution in [0.4, 0.5) is 0 Å². The van der Waals surface area contributed by atoms with Gasteiger partial charge in [0.1, 0.15) is 6.04 Å². The van der Waals surface area contributed by atoms with Gasteiger partial charge in [0, 0.05) is 24.6 Å². The normalized spacial score (nSPS) is 17.2. The van der Waals surface area contributed by atoms with E-state index in [0.717, 1.165) is 18.1 Å². The maximum absolute atomic E-state index is 11.9. The molecule has 1 amide bonds. The number of halogens is 1. The molecular weight excluding hydrogens is 344 g/mol. The Morgan fingerprint density at radius 2 is 2.08 bits per heavy atom. The monoisotopic (exact) mass is 366 g/mol. The highest BCUT2D eigenvalue weighted by molar-refractivity contribution is 7.98. The summed E-state index contributed by atoms with van der Waals surface area (Å²) in [5, 5.41) is 8.73. The zero-order valence-electron chi connectivity index (χ0n) is 13.5. The summed E-state index contributed by atoms with van der Waals surface area (Å²) in [6.45, 7) is 2.58. The number of nitrogens with one attached hydrogen (secondary N) is 2. The van der Waals surface area contributed by atoms with E-state index in [4.69, 9.17) is 4.74 Å². The number of morpholine rings is 1. The molecule has 0 aromatic heterocycles. The van der Waals surface area contributed by atoms with Gasteiger partial charge in [-0.2, -0.15) is 11.8 Å². The SMILES string of the molecule is Cl.O=C(NCCSCc1cccc2ccccc12)C1COCCN1. The van der Waals surface area contributed by atoms with Crippen molar-refractivity contribution in [3.05, 3.63) is 48.0 Å². The molecule has 2 aromatic rings. The van der Waals surface area contributed by atoms with E-state index in [-0.39, 0.29) is 24.4 Å². The smallest absolute Gasteiger partial charge is 0.239 e. The molecule has 1 aliphatic rings. The third kappa shape index (κ3) is 5.11. The second kappa shape index (κ2) is 9.89. The van der Waals surface area contributed by atoms with Crippen LogP contribution in [-0.2, 0) is 15.3 Å². The Balaban J connectivity index is 0.00000208. The van der Waals surface area contributed by atoms with Crippen LogP contribution in [0.3, 0.4) is 0 Å². The van der Waals surface area contributed by atoms with E-state index in [1.807, 2.05) is 11.8 Å². The molecule has 1 unspecified atom stereocenters. The Kier molecular flexibility index (Phi) is 7.85. The lowest BCUT2D eigenvalue weighted by atomic mass is 10.1. The Hall–Kier alpha value is -1.27. The fourth-order valence-electron chi connectivity index (χ4n) is 2.70. The number of fused-ring (bicyclic) bond motifs is 1. The second-order valence-corrected chi connectivity index (χ2v) is 6.67. The summed E-state index contributed by atoms with van der Waals surface area (Å²) in [7, 11) is 0. The van der Waals surface area contributed by atoms with Crippen LogP contribution in [0, 0.1) is 0 Å². The van der Waals surface area contributed by atoms with Crippen LogP contribution in [0.25, 0.3) is 10.8 Å². The van der Waals surface area contributed by atoms with E-state index in [0.29, 0.717) is 19.8 Å². The van der Waals surface area contributed by atoms with Gasteiger partial charge in [0.15, 0.2) is 0 Å².